The maximum Gasteiger partial charge on any atom is 0.495 e. The highest BCUT2D eigenvalue weighted by Gasteiger charge is 2.52. The van der Waals surface area contributed by atoms with Crippen LogP contribution in [0.3, 0.4) is 0 Å². The third-order valence-electron chi connectivity index (χ3n) is 5.49. The molecular formula is C18H26BNO3. The molecular weight excluding hydrogens is 289 g/mol. The number of amides is 1. The Morgan fingerprint density at radius 3 is 2.30 bits per heavy atom. The molecule has 1 aromatic rings. The normalized spacial score (nSPS) is 22.7. The molecule has 1 saturated heterocycles. The van der Waals surface area contributed by atoms with Gasteiger partial charge in [-0.05, 0) is 71.5 Å². The molecule has 1 N–H and O–H groups in total. The summed E-state index contributed by atoms with van der Waals surface area (Å²) < 4.78 is 12.3. The van der Waals surface area contributed by atoms with Gasteiger partial charge in [-0.3, -0.25) is 4.79 Å². The van der Waals surface area contributed by atoms with Gasteiger partial charge in [0.1, 0.15) is 0 Å². The largest absolute Gasteiger partial charge is 0.495 e. The van der Waals surface area contributed by atoms with Gasteiger partial charge in [-0.2, -0.15) is 0 Å². The summed E-state index contributed by atoms with van der Waals surface area (Å²) in [6.45, 7) is 10.2. The Kier molecular flexibility index (Phi) is 4.05. The first-order valence-corrected chi connectivity index (χ1v) is 8.47. The van der Waals surface area contributed by atoms with Crippen molar-refractivity contribution in [2.75, 3.05) is 0 Å². The van der Waals surface area contributed by atoms with Crippen molar-refractivity contribution in [1.29, 1.82) is 0 Å². The van der Waals surface area contributed by atoms with E-state index in [9.17, 15) is 4.79 Å². The lowest BCUT2D eigenvalue weighted by Crippen LogP contribution is -2.41. The van der Waals surface area contributed by atoms with Crippen LogP contribution in [0.15, 0.2) is 18.2 Å². The minimum absolute atomic E-state index is 0.00697. The van der Waals surface area contributed by atoms with Crippen LogP contribution < -0.4 is 10.8 Å². The third kappa shape index (κ3) is 3.04. The zero-order valence-electron chi connectivity index (χ0n) is 14.7. The van der Waals surface area contributed by atoms with E-state index in [1.165, 1.54) is 6.42 Å². The predicted octanol–water partition coefficient (Wildman–Crippen LogP) is 2.58. The van der Waals surface area contributed by atoms with Gasteiger partial charge < -0.3 is 14.6 Å². The molecule has 23 heavy (non-hydrogen) atoms. The lowest BCUT2D eigenvalue weighted by molar-refractivity contribution is 0.00578. The van der Waals surface area contributed by atoms with Crippen LogP contribution >= 0.6 is 0 Å². The van der Waals surface area contributed by atoms with Crippen LogP contribution in [-0.4, -0.2) is 30.3 Å². The average molecular weight is 315 g/mol. The van der Waals surface area contributed by atoms with Crippen LogP contribution in [0.1, 0.15) is 62.9 Å². The van der Waals surface area contributed by atoms with Gasteiger partial charge in [0.25, 0.3) is 5.91 Å². The summed E-state index contributed by atoms with van der Waals surface area (Å²) in [7, 11) is -0.434. The van der Waals surface area contributed by atoms with E-state index in [2.05, 4.69) is 5.32 Å². The first-order valence-electron chi connectivity index (χ1n) is 8.47. The molecule has 124 valence electrons. The molecule has 0 radical (unpaired) electrons. The van der Waals surface area contributed by atoms with Crippen LogP contribution in [0.5, 0.6) is 0 Å². The van der Waals surface area contributed by atoms with Crippen LogP contribution in [0.2, 0.25) is 0 Å². The fourth-order valence-corrected chi connectivity index (χ4v) is 2.83. The Balaban J connectivity index is 1.82. The molecule has 1 saturated carbocycles. The predicted molar refractivity (Wildman–Crippen MR) is 92.0 cm³/mol. The minimum Gasteiger partial charge on any atom is -0.399 e. The van der Waals surface area contributed by atoms with E-state index in [-0.39, 0.29) is 17.1 Å². The monoisotopic (exact) mass is 315 g/mol. The van der Waals surface area contributed by atoms with Crippen molar-refractivity contribution in [3.05, 3.63) is 29.3 Å². The highest BCUT2D eigenvalue weighted by Crippen LogP contribution is 2.36. The van der Waals surface area contributed by atoms with E-state index in [1.54, 1.807) is 0 Å². The van der Waals surface area contributed by atoms with Crippen molar-refractivity contribution in [1.82, 2.24) is 5.32 Å². The zero-order valence-corrected chi connectivity index (χ0v) is 14.7. The standard InChI is InChI=1S/C18H26BNO3/c1-12-9-10-13(16(21)20-14-7-6-8-14)11-15(12)19-22-17(2,3)18(4,5)23-19/h9-11,14H,6-8H2,1-5H3,(H,20,21). The number of nitrogens with one attached hydrogen (secondary N) is 1. The number of carbonyl (C=O) groups excluding carboxylic acids is 1. The maximum atomic E-state index is 12.4. The molecule has 2 aliphatic rings. The number of hydrogen-bond acceptors (Lipinski definition) is 3. The van der Waals surface area contributed by atoms with Crippen molar-refractivity contribution in [3.63, 3.8) is 0 Å². The van der Waals surface area contributed by atoms with E-state index in [4.69, 9.17) is 9.31 Å². The van der Waals surface area contributed by atoms with Crippen LogP contribution in [0.25, 0.3) is 0 Å². The average Bonchev–Trinajstić information content (AvgIpc) is 2.63. The number of carbonyl (C=O) groups is 1. The highest BCUT2D eigenvalue weighted by molar-refractivity contribution is 6.62. The SMILES string of the molecule is Cc1ccc(C(=O)NC2CCC2)cc1B1OC(C)(C)C(C)(C)O1. The Hall–Kier alpha value is -1.33. The summed E-state index contributed by atoms with van der Waals surface area (Å²) in [5.74, 6) is -0.00697. The number of benzene rings is 1. The topological polar surface area (TPSA) is 47.6 Å². The zero-order chi connectivity index (χ0) is 16.8. The lowest BCUT2D eigenvalue weighted by Gasteiger charge is -2.32. The van der Waals surface area contributed by atoms with Gasteiger partial charge in [-0.1, -0.05) is 11.6 Å². The Morgan fingerprint density at radius 2 is 1.78 bits per heavy atom. The first-order chi connectivity index (χ1) is 10.7. The van der Waals surface area contributed by atoms with E-state index < -0.39 is 7.12 Å². The van der Waals surface area contributed by atoms with Gasteiger partial charge >= 0.3 is 7.12 Å². The van der Waals surface area contributed by atoms with E-state index in [0.29, 0.717) is 11.6 Å². The molecule has 0 bridgehead atoms. The Labute approximate surface area is 139 Å². The maximum absolute atomic E-state index is 12.4. The second kappa shape index (κ2) is 5.64. The summed E-state index contributed by atoms with van der Waals surface area (Å²) in [6, 6.07) is 6.09. The minimum atomic E-state index is -0.434. The number of rotatable bonds is 3. The smallest absolute Gasteiger partial charge is 0.399 e. The molecule has 1 heterocycles. The molecule has 1 aliphatic carbocycles. The van der Waals surface area contributed by atoms with Crippen molar-refractivity contribution >= 4 is 18.5 Å². The van der Waals surface area contributed by atoms with Crippen LogP contribution in [0, 0.1) is 6.92 Å². The van der Waals surface area contributed by atoms with Crippen molar-refractivity contribution in [3.8, 4) is 0 Å². The van der Waals surface area contributed by atoms with Gasteiger partial charge in [-0.25, -0.2) is 0 Å². The molecule has 0 aromatic heterocycles. The van der Waals surface area contributed by atoms with Gasteiger partial charge in [0.05, 0.1) is 11.2 Å². The summed E-state index contributed by atoms with van der Waals surface area (Å²) in [5, 5.41) is 3.08. The van der Waals surface area contributed by atoms with Gasteiger partial charge in [0, 0.05) is 11.6 Å². The molecule has 0 unspecified atom stereocenters. The molecule has 0 atom stereocenters. The van der Waals surface area contributed by atoms with Crippen LogP contribution in [-0.2, 0) is 9.31 Å². The lowest BCUT2D eigenvalue weighted by atomic mass is 9.75. The summed E-state index contributed by atoms with van der Waals surface area (Å²) in [4.78, 5) is 12.4. The van der Waals surface area contributed by atoms with Crippen molar-refractivity contribution in [2.24, 2.45) is 0 Å². The van der Waals surface area contributed by atoms with Gasteiger partial charge in [0.15, 0.2) is 0 Å². The molecule has 1 aliphatic heterocycles. The Morgan fingerprint density at radius 1 is 1.17 bits per heavy atom. The fourth-order valence-electron chi connectivity index (χ4n) is 2.83. The van der Waals surface area contributed by atoms with E-state index >= 15 is 0 Å². The summed E-state index contributed by atoms with van der Waals surface area (Å²) in [6.07, 6.45) is 3.38. The second-order valence-electron chi connectivity index (χ2n) is 7.76. The number of aryl methyl sites for hydroxylation is 1. The van der Waals surface area contributed by atoms with E-state index in [0.717, 1.165) is 23.9 Å². The molecule has 0 spiro atoms. The number of hydrogen-bond donors (Lipinski definition) is 1. The molecule has 4 nitrogen and oxygen atoms in total. The van der Waals surface area contributed by atoms with Crippen molar-refractivity contribution in [2.45, 2.75) is 71.1 Å². The van der Waals surface area contributed by atoms with Gasteiger partial charge in [-0.15, -0.1) is 0 Å². The first kappa shape index (κ1) is 16.5. The fraction of sp³-hybridized carbons (Fsp3) is 0.611. The molecule has 3 rings (SSSR count). The summed E-state index contributed by atoms with van der Waals surface area (Å²) in [5.41, 5.74) is 1.92. The summed E-state index contributed by atoms with van der Waals surface area (Å²) >= 11 is 0. The molecule has 2 fully saturated rings. The molecule has 5 heteroatoms. The molecule has 1 aromatic carbocycles. The third-order valence-corrected chi connectivity index (χ3v) is 5.49. The van der Waals surface area contributed by atoms with Crippen molar-refractivity contribution < 1.29 is 14.1 Å². The Bertz CT molecular complexity index is 607. The quantitative estimate of drug-likeness (QED) is 0.872. The highest BCUT2D eigenvalue weighted by atomic mass is 16.7. The molecule has 1 amide bonds. The van der Waals surface area contributed by atoms with Crippen LogP contribution in [0.4, 0.5) is 0 Å². The van der Waals surface area contributed by atoms with Gasteiger partial charge in [0.2, 0.25) is 0 Å². The second-order valence-corrected chi connectivity index (χ2v) is 7.76. The van der Waals surface area contributed by atoms with E-state index in [1.807, 2.05) is 52.8 Å².